The zero-order chi connectivity index (χ0) is 16.5. The van der Waals surface area contributed by atoms with Crippen LogP contribution in [-0.4, -0.2) is 39.1 Å². The Labute approximate surface area is 141 Å². The average Bonchev–Trinajstić information content (AvgIpc) is 2.92. The first-order chi connectivity index (χ1) is 11.7. The van der Waals surface area contributed by atoms with E-state index in [0.717, 1.165) is 37.8 Å². The van der Waals surface area contributed by atoms with Crippen LogP contribution in [0.3, 0.4) is 0 Å². The Balaban J connectivity index is 1.54. The molecule has 0 bridgehead atoms. The monoisotopic (exact) mass is 322 g/mol. The highest BCUT2D eigenvalue weighted by atomic mass is 16.5. The Morgan fingerprint density at radius 3 is 3.00 bits per heavy atom. The van der Waals surface area contributed by atoms with Gasteiger partial charge in [0.2, 0.25) is 0 Å². The van der Waals surface area contributed by atoms with E-state index in [-0.39, 0.29) is 6.10 Å². The molecule has 0 N–H and O–H groups in total. The van der Waals surface area contributed by atoms with Gasteiger partial charge in [0, 0.05) is 50.0 Å². The molecule has 24 heavy (non-hydrogen) atoms. The van der Waals surface area contributed by atoms with E-state index in [1.54, 1.807) is 0 Å². The summed E-state index contributed by atoms with van der Waals surface area (Å²) in [6, 6.07) is 10.5. The van der Waals surface area contributed by atoms with Crippen molar-refractivity contribution in [3.63, 3.8) is 0 Å². The minimum Gasteiger partial charge on any atom is -0.369 e. The molecule has 0 amide bonds. The average molecular weight is 322 g/mol. The van der Waals surface area contributed by atoms with Crippen LogP contribution in [0.25, 0.3) is 10.9 Å². The van der Waals surface area contributed by atoms with Crippen molar-refractivity contribution in [1.82, 2.24) is 19.4 Å². The molecule has 0 radical (unpaired) electrons. The van der Waals surface area contributed by atoms with Gasteiger partial charge in [-0.2, -0.15) is 0 Å². The molecule has 3 aromatic rings. The summed E-state index contributed by atoms with van der Waals surface area (Å²) in [6.45, 7) is 5.40. The van der Waals surface area contributed by atoms with E-state index in [1.807, 2.05) is 19.2 Å². The number of fused-ring (bicyclic) bond motifs is 1. The summed E-state index contributed by atoms with van der Waals surface area (Å²) in [6.07, 6.45) is 4.07. The van der Waals surface area contributed by atoms with Gasteiger partial charge in [0.1, 0.15) is 11.9 Å². The Bertz CT molecular complexity index is 857. The largest absolute Gasteiger partial charge is 0.369 e. The van der Waals surface area contributed by atoms with Gasteiger partial charge < -0.3 is 9.30 Å². The molecule has 0 spiro atoms. The second kappa shape index (κ2) is 6.34. The maximum Gasteiger partial charge on any atom is 0.125 e. The molecule has 1 aliphatic rings. The topological polar surface area (TPSA) is 43.2 Å². The van der Waals surface area contributed by atoms with Crippen LogP contribution >= 0.6 is 0 Å². The van der Waals surface area contributed by atoms with Crippen LogP contribution in [0.1, 0.15) is 23.2 Å². The third kappa shape index (κ3) is 2.92. The quantitative estimate of drug-likeness (QED) is 0.744. The van der Waals surface area contributed by atoms with E-state index < -0.39 is 0 Å². The van der Waals surface area contributed by atoms with Crippen molar-refractivity contribution in [1.29, 1.82) is 0 Å². The number of aromatic nitrogens is 3. The molecule has 5 nitrogen and oxygen atoms in total. The Kier molecular flexibility index (Phi) is 4.04. The van der Waals surface area contributed by atoms with Crippen molar-refractivity contribution in [2.24, 2.45) is 7.05 Å². The number of para-hydroxylation sites is 1. The highest BCUT2D eigenvalue weighted by Crippen LogP contribution is 2.25. The predicted molar refractivity (Wildman–Crippen MR) is 93.7 cm³/mol. The first kappa shape index (κ1) is 15.3. The zero-order valence-corrected chi connectivity index (χ0v) is 14.1. The SMILES string of the molecule is Cc1nccc([C@H]2CN(Cc3cn(C)c4ccccc34)CCO2)n1. The second-order valence-corrected chi connectivity index (χ2v) is 6.41. The summed E-state index contributed by atoms with van der Waals surface area (Å²) in [5.74, 6) is 0.794. The normalized spacial score (nSPS) is 19.0. The molecule has 0 aliphatic carbocycles. The van der Waals surface area contributed by atoms with Crippen molar-refractivity contribution in [3.05, 3.63) is 59.8 Å². The lowest BCUT2D eigenvalue weighted by Gasteiger charge is -2.32. The summed E-state index contributed by atoms with van der Waals surface area (Å²) in [7, 11) is 2.11. The number of morpholine rings is 1. The number of hydrogen-bond acceptors (Lipinski definition) is 4. The van der Waals surface area contributed by atoms with Crippen molar-refractivity contribution in [3.8, 4) is 0 Å². The van der Waals surface area contributed by atoms with Crippen molar-refractivity contribution >= 4 is 10.9 Å². The van der Waals surface area contributed by atoms with Crippen LogP contribution in [0.2, 0.25) is 0 Å². The van der Waals surface area contributed by atoms with Crippen molar-refractivity contribution in [2.45, 2.75) is 19.6 Å². The molecule has 1 aromatic carbocycles. The molecule has 1 fully saturated rings. The van der Waals surface area contributed by atoms with Crippen LogP contribution in [-0.2, 0) is 18.3 Å². The third-order valence-electron chi connectivity index (χ3n) is 4.65. The van der Waals surface area contributed by atoms with Crippen LogP contribution in [0.4, 0.5) is 0 Å². The lowest BCUT2D eigenvalue weighted by Crippen LogP contribution is -2.38. The molecule has 1 atom stereocenters. The molecule has 0 saturated carbocycles. The lowest BCUT2D eigenvalue weighted by atomic mass is 10.1. The van der Waals surface area contributed by atoms with E-state index >= 15 is 0 Å². The van der Waals surface area contributed by atoms with Gasteiger partial charge in [-0.25, -0.2) is 9.97 Å². The third-order valence-corrected chi connectivity index (χ3v) is 4.65. The minimum absolute atomic E-state index is 0.0235. The second-order valence-electron chi connectivity index (χ2n) is 6.41. The molecule has 5 heteroatoms. The van der Waals surface area contributed by atoms with Crippen LogP contribution in [0, 0.1) is 6.92 Å². The smallest absolute Gasteiger partial charge is 0.125 e. The number of rotatable bonds is 3. The van der Waals surface area contributed by atoms with Gasteiger partial charge >= 0.3 is 0 Å². The summed E-state index contributed by atoms with van der Waals surface area (Å²) in [5.41, 5.74) is 3.63. The van der Waals surface area contributed by atoms with Crippen molar-refractivity contribution in [2.75, 3.05) is 19.7 Å². The molecule has 2 aromatic heterocycles. The lowest BCUT2D eigenvalue weighted by molar-refractivity contribution is -0.0350. The van der Waals surface area contributed by atoms with E-state index in [0.29, 0.717) is 0 Å². The maximum atomic E-state index is 5.94. The number of benzene rings is 1. The summed E-state index contributed by atoms with van der Waals surface area (Å²) >= 11 is 0. The van der Waals surface area contributed by atoms with Crippen LogP contribution in [0.15, 0.2) is 42.7 Å². The van der Waals surface area contributed by atoms with Gasteiger partial charge in [0.15, 0.2) is 0 Å². The van der Waals surface area contributed by atoms with E-state index in [2.05, 4.69) is 56.9 Å². The molecule has 3 heterocycles. The van der Waals surface area contributed by atoms with Crippen LogP contribution in [0.5, 0.6) is 0 Å². The summed E-state index contributed by atoms with van der Waals surface area (Å²) in [4.78, 5) is 11.2. The molecule has 0 unspecified atom stereocenters. The predicted octanol–water partition coefficient (Wildman–Crippen LogP) is 2.85. The van der Waals surface area contributed by atoms with E-state index in [1.165, 1.54) is 16.5 Å². The minimum atomic E-state index is 0.0235. The zero-order valence-electron chi connectivity index (χ0n) is 14.1. The maximum absolute atomic E-state index is 5.94. The highest BCUT2D eigenvalue weighted by molar-refractivity contribution is 5.83. The summed E-state index contributed by atoms with van der Waals surface area (Å²) in [5, 5.41) is 1.33. The van der Waals surface area contributed by atoms with E-state index in [4.69, 9.17) is 4.74 Å². The van der Waals surface area contributed by atoms with Gasteiger partial charge in [-0.3, -0.25) is 4.90 Å². The van der Waals surface area contributed by atoms with Crippen LogP contribution < -0.4 is 0 Å². The fraction of sp³-hybridized carbons (Fsp3) is 0.368. The van der Waals surface area contributed by atoms with Gasteiger partial charge in [-0.1, -0.05) is 18.2 Å². The van der Waals surface area contributed by atoms with Gasteiger partial charge in [-0.05, 0) is 24.6 Å². The number of hydrogen-bond donors (Lipinski definition) is 0. The standard InChI is InChI=1S/C19H22N4O/c1-14-20-8-7-17(21-14)19-13-23(9-10-24-19)12-15-11-22(2)18-6-4-3-5-16(15)18/h3-8,11,19H,9-10,12-13H2,1-2H3/t19-/m1/s1. The summed E-state index contributed by atoms with van der Waals surface area (Å²) < 4.78 is 8.15. The molecular formula is C19H22N4O. The first-order valence-corrected chi connectivity index (χ1v) is 8.37. The Hall–Kier alpha value is -2.24. The molecule has 4 rings (SSSR count). The molecule has 124 valence electrons. The highest BCUT2D eigenvalue weighted by Gasteiger charge is 2.24. The number of ether oxygens (including phenoxy) is 1. The van der Waals surface area contributed by atoms with Gasteiger partial charge in [-0.15, -0.1) is 0 Å². The fourth-order valence-corrected chi connectivity index (χ4v) is 3.47. The van der Waals surface area contributed by atoms with Gasteiger partial charge in [0.05, 0.1) is 12.3 Å². The Morgan fingerprint density at radius 2 is 2.12 bits per heavy atom. The Morgan fingerprint density at radius 1 is 1.25 bits per heavy atom. The molecule has 1 aliphatic heterocycles. The first-order valence-electron chi connectivity index (χ1n) is 8.37. The fourth-order valence-electron chi connectivity index (χ4n) is 3.47. The number of aryl methyl sites for hydroxylation is 2. The van der Waals surface area contributed by atoms with Gasteiger partial charge in [0.25, 0.3) is 0 Å². The van der Waals surface area contributed by atoms with Crippen molar-refractivity contribution < 1.29 is 4.74 Å². The molecular weight excluding hydrogens is 300 g/mol. The molecule has 1 saturated heterocycles. The van der Waals surface area contributed by atoms with E-state index in [9.17, 15) is 0 Å². The number of nitrogens with zero attached hydrogens (tertiary/aromatic N) is 4.